The molecule has 2 heterocycles. The standard InChI is InChI=1S/C14H16F3N5/c1-7(2)10-6-20-11(14(15,16)17)4-8(10)3-9-5-21-13(19)22-12(9)18/h4-7H,3H2,1-2H3,(H4,18,19,21,22). The highest BCUT2D eigenvalue weighted by Gasteiger charge is 2.33. The Labute approximate surface area is 125 Å². The molecular weight excluding hydrogens is 295 g/mol. The number of nitrogens with two attached hydrogens (primary N) is 2. The van der Waals surface area contributed by atoms with E-state index in [-0.39, 0.29) is 24.1 Å². The minimum absolute atomic E-state index is 0.0241. The van der Waals surface area contributed by atoms with Crippen molar-refractivity contribution in [1.29, 1.82) is 0 Å². The number of hydrogen-bond donors (Lipinski definition) is 2. The number of anilines is 2. The van der Waals surface area contributed by atoms with Gasteiger partial charge in [-0.1, -0.05) is 13.8 Å². The van der Waals surface area contributed by atoms with E-state index in [0.29, 0.717) is 11.1 Å². The van der Waals surface area contributed by atoms with Crippen LogP contribution in [-0.2, 0) is 12.6 Å². The molecule has 0 radical (unpaired) electrons. The molecule has 118 valence electrons. The van der Waals surface area contributed by atoms with E-state index in [4.69, 9.17) is 11.5 Å². The third-order valence-corrected chi connectivity index (χ3v) is 3.23. The topological polar surface area (TPSA) is 90.7 Å². The number of alkyl halides is 3. The quantitative estimate of drug-likeness (QED) is 0.909. The average molecular weight is 311 g/mol. The molecule has 0 saturated carbocycles. The molecular formula is C14H16F3N5. The Kier molecular flexibility index (Phi) is 4.20. The van der Waals surface area contributed by atoms with E-state index in [1.807, 2.05) is 13.8 Å². The van der Waals surface area contributed by atoms with E-state index in [1.165, 1.54) is 12.4 Å². The fraction of sp³-hybridized carbons (Fsp3) is 0.357. The minimum atomic E-state index is -4.49. The molecule has 0 bridgehead atoms. The van der Waals surface area contributed by atoms with Crippen molar-refractivity contribution in [3.8, 4) is 0 Å². The van der Waals surface area contributed by atoms with E-state index in [1.54, 1.807) is 0 Å². The van der Waals surface area contributed by atoms with Crippen LogP contribution in [0.4, 0.5) is 24.9 Å². The van der Waals surface area contributed by atoms with Gasteiger partial charge in [-0.3, -0.25) is 4.98 Å². The molecule has 0 fully saturated rings. The summed E-state index contributed by atoms with van der Waals surface area (Å²) in [4.78, 5) is 11.2. The number of aromatic nitrogens is 3. The van der Waals surface area contributed by atoms with Gasteiger partial charge in [0.05, 0.1) is 0 Å². The molecule has 2 rings (SSSR count). The van der Waals surface area contributed by atoms with Gasteiger partial charge in [-0.25, -0.2) is 4.98 Å². The maximum atomic E-state index is 12.8. The molecule has 0 spiro atoms. The zero-order valence-electron chi connectivity index (χ0n) is 12.1. The van der Waals surface area contributed by atoms with E-state index in [2.05, 4.69) is 15.0 Å². The Bertz CT molecular complexity index is 683. The van der Waals surface area contributed by atoms with Crippen LogP contribution in [-0.4, -0.2) is 15.0 Å². The maximum Gasteiger partial charge on any atom is 0.433 e. The van der Waals surface area contributed by atoms with Crippen molar-refractivity contribution in [1.82, 2.24) is 15.0 Å². The van der Waals surface area contributed by atoms with Crippen molar-refractivity contribution in [2.75, 3.05) is 11.5 Å². The van der Waals surface area contributed by atoms with Gasteiger partial charge < -0.3 is 11.5 Å². The highest BCUT2D eigenvalue weighted by Crippen LogP contribution is 2.31. The lowest BCUT2D eigenvalue weighted by molar-refractivity contribution is -0.141. The Morgan fingerprint density at radius 3 is 2.32 bits per heavy atom. The second kappa shape index (κ2) is 5.78. The number of nitrogen functional groups attached to an aromatic ring is 2. The SMILES string of the molecule is CC(C)c1cnc(C(F)(F)F)cc1Cc1cnc(N)nc1N. The predicted molar refractivity (Wildman–Crippen MR) is 77.0 cm³/mol. The lowest BCUT2D eigenvalue weighted by Gasteiger charge is -2.15. The smallest absolute Gasteiger partial charge is 0.383 e. The normalized spacial score (nSPS) is 11.9. The van der Waals surface area contributed by atoms with Crippen molar-refractivity contribution in [3.05, 3.63) is 40.8 Å². The summed E-state index contributed by atoms with van der Waals surface area (Å²) < 4.78 is 38.5. The van der Waals surface area contributed by atoms with Crippen molar-refractivity contribution in [2.45, 2.75) is 32.4 Å². The van der Waals surface area contributed by atoms with Crippen LogP contribution in [0.15, 0.2) is 18.5 Å². The number of hydrogen-bond acceptors (Lipinski definition) is 5. The Morgan fingerprint density at radius 1 is 1.09 bits per heavy atom. The summed E-state index contributed by atoms with van der Waals surface area (Å²) in [6.07, 6.45) is -1.62. The predicted octanol–water partition coefficient (Wildman–Crippen LogP) is 2.77. The first-order chi connectivity index (χ1) is 10.2. The van der Waals surface area contributed by atoms with Gasteiger partial charge in [0.15, 0.2) is 0 Å². The van der Waals surface area contributed by atoms with Gasteiger partial charge >= 0.3 is 6.18 Å². The number of halogens is 3. The summed E-state index contributed by atoms with van der Waals surface area (Å²) in [7, 11) is 0. The minimum Gasteiger partial charge on any atom is -0.383 e. The summed E-state index contributed by atoms with van der Waals surface area (Å²) in [6, 6.07) is 1.05. The van der Waals surface area contributed by atoms with Crippen LogP contribution in [0.25, 0.3) is 0 Å². The molecule has 0 aromatic carbocycles. The average Bonchev–Trinajstić information content (AvgIpc) is 2.40. The van der Waals surface area contributed by atoms with Gasteiger partial charge in [0.1, 0.15) is 11.5 Å². The summed E-state index contributed by atoms with van der Waals surface area (Å²) in [5.41, 5.74) is 12.0. The molecule has 0 amide bonds. The Balaban J connectivity index is 2.47. The molecule has 0 aliphatic rings. The van der Waals surface area contributed by atoms with Crippen LogP contribution in [0.2, 0.25) is 0 Å². The number of rotatable bonds is 3. The highest BCUT2D eigenvalue weighted by molar-refractivity contribution is 5.45. The first-order valence-corrected chi connectivity index (χ1v) is 6.61. The third kappa shape index (κ3) is 3.44. The van der Waals surface area contributed by atoms with Crippen molar-refractivity contribution < 1.29 is 13.2 Å². The van der Waals surface area contributed by atoms with Crippen LogP contribution < -0.4 is 11.5 Å². The zero-order chi connectivity index (χ0) is 16.5. The van der Waals surface area contributed by atoms with Crippen LogP contribution >= 0.6 is 0 Å². The van der Waals surface area contributed by atoms with Crippen molar-refractivity contribution >= 4 is 11.8 Å². The number of nitrogens with zero attached hydrogens (tertiary/aromatic N) is 3. The summed E-state index contributed by atoms with van der Waals surface area (Å²) >= 11 is 0. The molecule has 5 nitrogen and oxygen atoms in total. The first-order valence-electron chi connectivity index (χ1n) is 6.61. The summed E-state index contributed by atoms with van der Waals surface area (Å²) in [5, 5.41) is 0. The molecule has 2 aromatic rings. The van der Waals surface area contributed by atoms with E-state index in [9.17, 15) is 13.2 Å². The molecule has 0 saturated heterocycles. The molecule has 8 heteroatoms. The Morgan fingerprint density at radius 2 is 1.77 bits per heavy atom. The van der Waals surface area contributed by atoms with Gasteiger partial charge in [-0.15, -0.1) is 0 Å². The van der Waals surface area contributed by atoms with E-state index < -0.39 is 11.9 Å². The molecule has 0 aliphatic carbocycles. The van der Waals surface area contributed by atoms with E-state index in [0.717, 1.165) is 11.6 Å². The largest absolute Gasteiger partial charge is 0.433 e. The third-order valence-electron chi connectivity index (χ3n) is 3.23. The monoisotopic (exact) mass is 311 g/mol. The molecule has 0 unspecified atom stereocenters. The van der Waals surface area contributed by atoms with Crippen LogP contribution in [0, 0.1) is 0 Å². The summed E-state index contributed by atoms with van der Waals surface area (Å²) in [6.45, 7) is 3.77. The second-order valence-corrected chi connectivity index (χ2v) is 5.24. The number of pyridine rings is 1. The fourth-order valence-corrected chi connectivity index (χ4v) is 2.11. The summed E-state index contributed by atoms with van der Waals surface area (Å²) in [5.74, 6) is 0.212. The first kappa shape index (κ1) is 16.0. The molecule has 0 aliphatic heterocycles. The van der Waals surface area contributed by atoms with Gasteiger partial charge in [0.25, 0.3) is 0 Å². The molecule has 2 aromatic heterocycles. The van der Waals surface area contributed by atoms with Gasteiger partial charge in [-0.2, -0.15) is 18.2 Å². The molecule has 4 N–H and O–H groups in total. The lowest BCUT2D eigenvalue weighted by atomic mass is 9.94. The van der Waals surface area contributed by atoms with Gasteiger partial charge in [0.2, 0.25) is 5.95 Å². The van der Waals surface area contributed by atoms with Gasteiger partial charge in [0, 0.05) is 24.4 Å². The van der Waals surface area contributed by atoms with Crippen molar-refractivity contribution in [2.24, 2.45) is 0 Å². The second-order valence-electron chi connectivity index (χ2n) is 5.24. The van der Waals surface area contributed by atoms with Gasteiger partial charge in [-0.05, 0) is 23.1 Å². The maximum absolute atomic E-state index is 12.8. The lowest BCUT2D eigenvalue weighted by Crippen LogP contribution is -2.11. The van der Waals surface area contributed by atoms with E-state index >= 15 is 0 Å². The van der Waals surface area contributed by atoms with Crippen LogP contribution in [0.5, 0.6) is 0 Å². The zero-order valence-corrected chi connectivity index (χ0v) is 12.1. The van der Waals surface area contributed by atoms with Crippen molar-refractivity contribution in [3.63, 3.8) is 0 Å². The molecule has 0 atom stereocenters. The highest BCUT2D eigenvalue weighted by atomic mass is 19.4. The molecule has 22 heavy (non-hydrogen) atoms. The van der Waals surface area contributed by atoms with Crippen LogP contribution in [0.1, 0.15) is 42.1 Å². The fourth-order valence-electron chi connectivity index (χ4n) is 2.11. The Hall–Kier alpha value is -2.38. The van der Waals surface area contributed by atoms with Crippen LogP contribution in [0.3, 0.4) is 0 Å².